The third kappa shape index (κ3) is 9.15. The summed E-state index contributed by atoms with van der Waals surface area (Å²) in [6.07, 6.45) is 0. The number of carbonyl (C=O) groups excluding carboxylic acids is 4. The van der Waals surface area contributed by atoms with Crippen LogP contribution in [0.3, 0.4) is 0 Å². The third-order valence-electron chi connectivity index (χ3n) is 3.65. The lowest BCUT2D eigenvalue weighted by Crippen LogP contribution is -2.33. The van der Waals surface area contributed by atoms with Crippen molar-refractivity contribution in [3.8, 4) is 0 Å². The Morgan fingerprint density at radius 2 is 0.647 bits per heavy atom. The summed E-state index contributed by atoms with van der Waals surface area (Å²) in [5.41, 5.74) is -4.93. The Labute approximate surface area is 202 Å². The molecule has 0 N–H and O–H groups in total. The monoisotopic (exact) mass is 478 g/mol. The zero-order chi connectivity index (χ0) is 26.9. The van der Waals surface area contributed by atoms with Crippen molar-refractivity contribution in [3.05, 3.63) is 34.4 Å². The molecule has 1 aromatic rings. The molecule has 0 atom stereocenters. The zero-order valence-corrected chi connectivity index (χ0v) is 22.4. The van der Waals surface area contributed by atoms with Gasteiger partial charge < -0.3 is 18.9 Å². The van der Waals surface area contributed by atoms with Crippen LogP contribution in [0.1, 0.15) is 125 Å². The van der Waals surface area contributed by atoms with Crippen LogP contribution >= 0.6 is 0 Å². The van der Waals surface area contributed by atoms with E-state index >= 15 is 0 Å². The fourth-order valence-corrected chi connectivity index (χ4v) is 2.69. The lowest BCUT2D eigenvalue weighted by molar-refractivity contribution is -0.00164. The van der Waals surface area contributed by atoms with E-state index in [1.54, 1.807) is 83.1 Å². The van der Waals surface area contributed by atoms with Gasteiger partial charge in [-0.2, -0.15) is 0 Å². The Kier molecular flexibility index (Phi) is 8.36. The molecule has 0 aliphatic carbocycles. The molecule has 0 spiro atoms. The van der Waals surface area contributed by atoms with Gasteiger partial charge in [-0.15, -0.1) is 0 Å². The number of esters is 4. The van der Waals surface area contributed by atoms with E-state index in [4.69, 9.17) is 18.9 Å². The standard InChI is InChI=1S/C26H38O8/c1-23(2,3)31-19(27)15-13-14-16(20(28)32-24(4,5)6)18(22(30)34-26(10,11)12)17(15)21(29)33-25(7,8)9/h13-14H,1-12H3. The van der Waals surface area contributed by atoms with Gasteiger partial charge in [0.25, 0.3) is 0 Å². The molecule has 1 rings (SSSR count). The molecular formula is C26H38O8. The van der Waals surface area contributed by atoms with Gasteiger partial charge in [0, 0.05) is 0 Å². The summed E-state index contributed by atoms with van der Waals surface area (Å²) in [5, 5.41) is 0. The Morgan fingerprint density at radius 1 is 0.441 bits per heavy atom. The quantitative estimate of drug-likeness (QED) is 0.412. The predicted octanol–water partition coefficient (Wildman–Crippen LogP) is 5.51. The largest absolute Gasteiger partial charge is 0.456 e. The van der Waals surface area contributed by atoms with Crippen molar-refractivity contribution in [3.63, 3.8) is 0 Å². The van der Waals surface area contributed by atoms with Gasteiger partial charge in [-0.05, 0) is 95.2 Å². The fourth-order valence-electron chi connectivity index (χ4n) is 2.69. The highest BCUT2D eigenvalue weighted by molar-refractivity contribution is 6.15. The topological polar surface area (TPSA) is 105 Å². The first kappa shape index (κ1) is 29.1. The molecule has 0 radical (unpaired) electrons. The predicted molar refractivity (Wildman–Crippen MR) is 127 cm³/mol. The molecule has 8 nitrogen and oxygen atoms in total. The minimum atomic E-state index is -0.973. The molecule has 0 aliphatic rings. The van der Waals surface area contributed by atoms with E-state index in [9.17, 15) is 19.2 Å². The lowest BCUT2D eigenvalue weighted by Gasteiger charge is -2.26. The molecule has 0 saturated heterocycles. The van der Waals surface area contributed by atoms with Gasteiger partial charge in [-0.1, -0.05) is 0 Å². The molecule has 34 heavy (non-hydrogen) atoms. The summed E-state index contributed by atoms with van der Waals surface area (Å²) in [5.74, 6) is -3.65. The van der Waals surface area contributed by atoms with Crippen LogP contribution in [0.5, 0.6) is 0 Å². The normalized spacial score (nSPS) is 12.6. The minimum Gasteiger partial charge on any atom is -0.456 e. The van der Waals surface area contributed by atoms with Gasteiger partial charge in [0.15, 0.2) is 0 Å². The van der Waals surface area contributed by atoms with Crippen molar-refractivity contribution in [2.24, 2.45) is 0 Å². The molecule has 0 amide bonds. The summed E-state index contributed by atoms with van der Waals surface area (Å²) in [7, 11) is 0. The van der Waals surface area contributed by atoms with Crippen LogP contribution in [-0.2, 0) is 18.9 Å². The number of hydrogen-bond donors (Lipinski definition) is 0. The van der Waals surface area contributed by atoms with Gasteiger partial charge >= 0.3 is 23.9 Å². The molecule has 0 bridgehead atoms. The van der Waals surface area contributed by atoms with Gasteiger partial charge in [-0.3, -0.25) is 0 Å². The molecule has 1 aromatic carbocycles. The van der Waals surface area contributed by atoms with Gasteiger partial charge in [0.05, 0.1) is 22.3 Å². The summed E-state index contributed by atoms with van der Waals surface area (Å²) in [6.45, 7) is 19.9. The van der Waals surface area contributed by atoms with Crippen LogP contribution in [0, 0.1) is 0 Å². The van der Waals surface area contributed by atoms with Crippen molar-refractivity contribution < 1.29 is 38.1 Å². The minimum absolute atomic E-state index is 0.225. The molecule has 190 valence electrons. The summed E-state index contributed by atoms with van der Waals surface area (Å²) in [4.78, 5) is 52.7. The van der Waals surface area contributed by atoms with Crippen LogP contribution < -0.4 is 0 Å². The molecular weight excluding hydrogens is 440 g/mol. The van der Waals surface area contributed by atoms with Crippen LogP contribution in [-0.4, -0.2) is 46.3 Å². The SMILES string of the molecule is CC(C)(C)OC(=O)c1ccc(C(=O)OC(C)(C)C)c(C(=O)OC(C)(C)C)c1C(=O)OC(C)(C)C. The highest BCUT2D eigenvalue weighted by Gasteiger charge is 2.37. The average Bonchev–Trinajstić information content (AvgIpc) is 2.54. The first-order valence-corrected chi connectivity index (χ1v) is 11.1. The molecule has 0 aliphatic heterocycles. The first-order chi connectivity index (χ1) is 15.0. The number of rotatable bonds is 4. The number of benzene rings is 1. The molecule has 0 heterocycles. The summed E-state index contributed by atoms with van der Waals surface area (Å²) < 4.78 is 21.9. The van der Waals surface area contributed by atoms with E-state index < -0.39 is 57.4 Å². The van der Waals surface area contributed by atoms with Crippen LogP contribution in [0.25, 0.3) is 0 Å². The Bertz CT molecular complexity index is 882. The lowest BCUT2D eigenvalue weighted by atomic mass is 9.94. The maximum Gasteiger partial charge on any atom is 0.340 e. The number of ether oxygens (including phenoxy) is 4. The van der Waals surface area contributed by atoms with Crippen molar-refractivity contribution >= 4 is 23.9 Å². The molecule has 0 fully saturated rings. The molecule has 0 saturated carbocycles. The summed E-state index contributed by atoms with van der Waals surface area (Å²) in [6, 6.07) is 2.50. The third-order valence-corrected chi connectivity index (χ3v) is 3.65. The van der Waals surface area contributed by atoms with E-state index in [1.807, 2.05) is 0 Å². The second-order valence-electron chi connectivity index (χ2n) is 11.9. The van der Waals surface area contributed by atoms with Crippen molar-refractivity contribution in [1.82, 2.24) is 0 Å². The van der Waals surface area contributed by atoms with Crippen LogP contribution in [0.2, 0.25) is 0 Å². The average molecular weight is 479 g/mol. The summed E-state index contributed by atoms with van der Waals surface area (Å²) >= 11 is 0. The van der Waals surface area contributed by atoms with Crippen LogP contribution in [0.15, 0.2) is 12.1 Å². The Hall–Kier alpha value is -2.90. The number of hydrogen-bond acceptors (Lipinski definition) is 8. The maximum absolute atomic E-state index is 13.3. The molecule has 8 heteroatoms. The Morgan fingerprint density at radius 3 is 0.853 bits per heavy atom. The van der Waals surface area contributed by atoms with E-state index in [-0.39, 0.29) is 11.1 Å². The van der Waals surface area contributed by atoms with Gasteiger partial charge in [0.1, 0.15) is 22.4 Å². The first-order valence-electron chi connectivity index (χ1n) is 11.1. The Balaban J connectivity index is 3.97. The number of carbonyl (C=O) groups is 4. The van der Waals surface area contributed by atoms with E-state index in [2.05, 4.69) is 0 Å². The van der Waals surface area contributed by atoms with Gasteiger partial charge in [-0.25, -0.2) is 19.2 Å². The highest BCUT2D eigenvalue weighted by atomic mass is 16.6. The molecule has 0 unspecified atom stereocenters. The fraction of sp³-hybridized carbons (Fsp3) is 0.615. The van der Waals surface area contributed by atoms with E-state index in [0.717, 1.165) is 0 Å². The maximum atomic E-state index is 13.3. The van der Waals surface area contributed by atoms with Crippen molar-refractivity contribution in [2.75, 3.05) is 0 Å². The van der Waals surface area contributed by atoms with Crippen molar-refractivity contribution in [2.45, 2.75) is 105 Å². The van der Waals surface area contributed by atoms with Gasteiger partial charge in [0.2, 0.25) is 0 Å². The zero-order valence-electron chi connectivity index (χ0n) is 22.4. The highest BCUT2D eigenvalue weighted by Crippen LogP contribution is 2.29. The van der Waals surface area contributed by atoms with Crippen molar-refractivity contribution in [1.29, 1.82) is 0 Å². The van der Waals surface area contributed by atoms with Crippen LogP contribution in [0.4, 0.5) is 0 Å². The van der Waals surface area contributed by atoms with E-state index in [0.29, 0.717) is 0 Å². The molecule has 0 aromatic heterocycles. The second kappa shape index (κ2) is 9.76. The smallest absolute Gasteiger partial charge is 0.340 e. The second-order valence-corrected chi connectivity index (χ2v) is 11.9. The van der Waals surface area contributed by atoms with E-state index in [1.165, 1.54) is 12.1 Å².